The number of benzene rings is 1. The minimum absolute atomic E-state index is 0.390. The van der Waals surface area contributed by atoms with E-state index in [1.54, 1.807) is 31.2 Å². The predicted molar refractivity (Wildman–Crippen MR) is 75.0 cm³/mol. The van der Waals surface area contributed by atoms with Crippen molar-refractivity contribution in [1.82, 2.24) is 4.98 Å². The van der Waals surface area contributed by atoms with E-state index in [4.69, 9.17) is 33.2 Å². The van der Waals surface area contributed by atoms with Crippen LogP contribution in [-0.2, 0) is 0 Å². The molecule has 0 N–H and O–H groups in total. The van der Waals surface area contributed by atoms with Crippen LogP contribution in [0.3, 0.4) is 0 Å². The molecule has 96 valence electrons. The zero-order chi connectivity index (χ0) is 14.0. The molecule has 0 fully saturated rings. The summed E-state index contributed by atoms with van der Waals surface area (Å²) in [5, 5.41) is 10.1. The lowest BCUT2D eigenvalue weighted by atomic mass is 10.2. The maximum Gasteiger partial charge on any atom is 0.148 e. The first-order valence-electron chi connectivity index (χ1n) is 5.52. The Balaban J connectivity index is 2.49. The number of aryl methyl sites for hydroxylation is 2. The second kappa shape index (κ2) is 5.48. The Bertz CT molecular complexity index is 678. The van der Waals surface area contributed by atoms with Crippen LogP contribution in [0.15, 0.2) is 24.3 Å². The Kier molecular flexibility index (Phi) is 3.94. The molecule has 0 aliphatic heterocycles. The third-order valence-electron chi connectivity index (χ3n) is 2.52. The van der Waals surface area contributed by atoms with E-state index in [2.05, 4.69) is 11.1 Å². The van der Waals surface area contributed by atoms with E-state index in [0.717, 1.165) is 5.69 Å². The molecule has 0 aliphatic carbocycles. The average Bonchev–Trinajstić information content (AvgIpc) is 2.33. The number of nitrogens with zero attached hydrogens (tertiary/aromatic N) is 2. The minimum Gasteiger partial charge on any atom is -0.454 e. The first kappa shape index (κ1) is 13.7. The number of hydrogen-bond acceptors (Lipinski definition) is 3. The van der Waals surface area contributed by atoms with Gasteiger partial charge in [0.15, 0.2) is 0 Å². The number of ether oxygens (including phenoxy) is 1. The van der Waals surface area contributed by atoms with Crippen LogP contribution in [0.4, 0.5) is 0 Å². The highest BCUT2D eigenvalue weighted by atomic mass is 35.5. The van der Waals surface area contributed by atoms with Crippen molar-refractivity contribution in [2.24, 2.45) is 0 Å². The molecule has 0 bridgehead atoms. The monoisotopic (exact) mass is 292 g/mol. The second-order valence-corrected chi connectivity index (χ2v) is 4.85. The summed E-state index contributed by atoms with van der Waals surface area (Å²) in [6, 6.07) is 8.70. The van der Waals surface area contributed by atoms with Crippen molar-refractivity contribution in [3.05, 3.63) is 51.3 Å². The van der Waals surface area contributed by atoms with E-state index in [0.29, 0.717) is 32.8 Å². The van der Waals surface area contributed by atoms with Crippen LogP contribution in [0.25, 0.3) is 0 Å². The Hall–Kier alpha value is -1.76. The first-order chi connectivity index (χ1) is 9.01. The topological polar surface area (TPSA) is 45.9 Å². The summed E-state index contributed by atoms with van der Waals surface area (Å²) in [5.41, 5.74) is 1.78. The van der Waals surface area contributed by atoms with Gasteiger partial charge < -0.3 is 4.74 Å². The minimum atomic E-state index is 0.390. The lowest BCUT2D eigenvalue weighted by Gasteiger charge is -2.11. The summed E-state index contributed by atoms with van der Waals surface area (Å²) >= 11 is 11.9. The summed E-state index contributed by atoms with van der Waals surface area (Å²) in [6.07, 6.45) is 0. The van der Waals surface area contributed by atoms with Crippen molar-refractivity contribution in [3.8, 4) is 17.6 Å². The fourth-order valence-electron chi connectivity index (χ4n) is 1.68. The molecular weight excluding hydrogens is 283 g/mol. The van der Waals surface area contributed by atoms with Crippen LogP contribution in [0.5, 0.6) is 11.5 Å². The van der Waals surface area contributed by atoms with Gasteiger partial charge in [0.2, 0.25) is 0 Å². The molecule has 0 aliphatic rings. The molecule has 2 rings (SSSR count). The Morgan fingerprint density at radius 1 is 1.16 bits per heavy atom. The van der Waals surface area contributed by atoms with Gasteiger partial charge in [-0.05, 0) is 26.0 Å². The molecule has 1 aromatic carbocycles. The second-order valence-electron chi connectivity index (χ2n) is 4.01. The molecule has 0 amide bonds. The number of nitriles is 1. The van der Waals surface area contributed by atoms with E-state index in [1.807, 2.05) is 6.92 Å². The zero-order valence-corrected chi connectivity index (χ0v) is 11.9. The van der Waals surface area contributed by atoms with Crippen LogP contribution in [0, 0.1) is 25.2 Å². The van der Waals surface area contributed by atoms with Crippen molar-refractivity contribution in [2.75, 3.05) is 0 Å². The van der Waals surface area contributed by atoms with Gasteiger partial charge >= 0.3 is 0 Å². The highest BCUT2D eigenvalue weighted by Crippen LogP contribution is 2.34. The molecule has 0 spiro atoms. The third-order valence-corrected chi connectivity index (χ3v) is 3.06. The standard InChI is InChI=1S/C14H10Cl2N2O/c1-8-5-13(11(7-17)9(2)18-8)19-14-6-10(15)3-4-12(14)16/h3-6H,1-2H3. The Labute approximate surface area is 121 Å². The molecule has 0 unspecified atom stereocenters. The highest BCUT2D eigenvalue weighted by molar-refractivity contribution is 6.34. The molecule has 2 aromatic rings. The Morgan fingerprint density at radius 2 is 1.89 bits per heavy atom. The predicted octanol–water partition coefficient (Wildman–Crippen LogP) is 4.67. The van der Waals surface area contributed by atoms with Gasteiger partial charge in [-0.15, -0.1) is 0 Å². The third kappa shape index (κ3) is 2.98. The van der Waals surface area contributed by atoms with Crippen molar-refractivity contribution < 1.29 is 4.74 Å². The van der Waals surface area contributed by atoms with Gasteiger partial charge in [0.05, 0.1) is 10.7 Å². The SMILES string of the molecule is Cc1cc(Oc2cc(Cl)ccc2Cl)c(C#N)c(C)n1. The van der Waals surface area contributed by atoms with Crippen molar-refractivity contribution in [2.45, 2.75) is 13.8 Å². The lowest BCUT2D eigenvalue weighted by Crippen LogP contribution is -1.96. The van der Waals surface area contributed by atoms with Crippen LogP contribution in [-0.4, -0.2) is 4.98 Å². The van der Waals surface area contributed by atoms with Gasteiger partial charge in [-0.1, -0.05) is 23.2 Å². The van der Waals surface area contributed by atoms with Gasteiger partial charge in [0.25, 0.3) is 0 Å². The lowest BCUT2D eigenvalue weighted by molar-refractivity contribution is 0.479. The van der Waals surface area contributed by atoms with Gasteiger partial charge in [-0.2, -0.15) is 5.26 Å². The van der Waals surface area contributed by atoms with Crippen LogP contribution >= 0.6 is 23.2 Å². The number of hydrogen-bond donors (Lipinski definition) is 0. The molecule has 1 heterocycles. The summed E-state index contributed by atoms with van der Waals surface area (Å²) in [6.45, 7) is 3.60. The largest absolute Gasteiger partial charge is 0.454 e. The summed E-state index contributed by atoms with van der Waals surface area (Å²) in [4.78, 5) is 4.23. The molecule has 3 nitrogen and oxygen atoms in total. The highest BCUT2D eigenvalue weighted by Gasteiger charge is 2.12. The molecule has 0 saturated carbocycles. The van der Waals surface area contributed by atoms with Crippen LogP contribution in [0.1, 0.15) is 17.0 Å². The van der Waals surface area contributed by atoms with E-state index in [-0.39, 0.29) is 0 Å². The molecular formula is C14H10Cl2N2O. The number of aromatic nitrogens is 1. The average molecular weight is 293 g/mol. The zero-order valence-electron chi connectivity index (χ0n) is 10.4. The fourth-order valence-corrected chi connectivity index (χ4v) is 2.00. The number of rotatable bonds is 2. The smallest absolute Gasteiger partial charge is 0.148 e. The molecule has 0 radical (unpaired) electrons. The maximum absolute atomic E-state index is 9.16. The molecule has 1 aromatic heterocycles. The van der Waals surface area contributed by atoms with Crippen LogP contribution < -0.4 is 4.74 Å². The van der Waals surface area contributed by atoms with Crippen molar-refractivity contribution >= 4 is 23.2 Å². The summed E-state index contributed by atoms with van der Waals surface area (Å²) in [5.74, 6) is 0.840. The molecule has 19 heavy (non-hydrogen) atoms. The first-order valence-corrected chi connectivity index (χ1v) is 6.28. The van der Waals surface area contributed by atoms with E-state index in [1.165, 1.54) is 0 Å². The van der Waals surface area contributed by atoms with Gasteiger partial charge in [0.1, 0.15) is 23.1 Å². The van der Waals surface area contributed by atoms with Gasteiger partial charge in [-0.3, -0.25) is 4.98 Å². The van der Waals surface area contributed by atoms with Gasteiger partial charge in [0, 0.05) is 22.8 Å². The summed E-state index contributed by atoms with van der Waals surface area (Å²) in [7, 11) is 0. The quantitative estimate of drug-likeness (QED) is 0.808. The molecule has 5 heteroatoms. The van der Waals surface area contributed by atoms with Crippen molar-refractivity contribution in [3.63, 3.8) is 0 Å². The fraction of sp³-hybridized carbons (Fsp3) is 0.143. The molecule has 0 saturated heterocycles. The Morgan fingerprint density at radius 3 is 2.58 bits per heavy atom. The number of halogens is 2. The number of pyridine rings is 1. The normalized spacial score (nSPS) is 10.1. The van der Waals surface area contributed by atoms with Crippen molar-refractivity contribution in [1.29, 1.82) is 5.26 Å². The van der Waals surface area contributed by atoms with Crippen LogP contribution in [0.2, 0.25) is 10.0 Å². The maximum atomic E-state index is 9.16. The van der Waals surface area contributed by atoms with Gasteiger partial charge in [-0.25, -0.2) is 0 Å². The van der Waals surface area contributed by atoms with E-state index < -0.39 is 0 Å². The van der Waals surface area contributed by atoms with E-state index in [9.17, 15) is 0 Å². The molecule has 0 atom stereocenters. The van der Waals surface area contributed by atoms with E-state index >= 15 is 0 Å². The summed E-state index contributed by atoms with van der Waals surface area (Å²) < 4.78 is 5.69.